The number of hydrogen-bond acceptors (Lipinski definition) is 2. The molecule has 3 rings (SSSR count). The maximum Gasteiger partial charge on any atom is 0.223 e. The number of thiophene rings is 1. The molecule has 0 saturated heterocycles. The molecule has 1 amide bonds. The van der Waals surface area contributed by atoms with Crippen LogP contribution in [0.4, 0.5) is 0 Å². The number of rotatable bonds is 7. The Balaban J connectivity index is 1.53. The molecule has 2 nitrogen and oxygen atoms in total. The third kappa shape index (κ3) is 4.20. The van der Waals surface area contributed by atoms with Crippen LogP contribution in [0.5, 0.6) is 0 Å². The second-order valence-corrected chi connectivity index (χ2v) is 7.20. The molecule has 1 saturated carbocycles. The fraction of sp³-hybridized carbons (Fsp3) is 0.421. The SMILES string of the molecule is Cc1ccc(CN(C(=O)CCCc2cccs2)C2CC2)cc1. The van der Waals surface area contributed by atoms with Gasteiger partial charge in [-0.15, -0.1) is 11.3 Å². The molecule has 0 N–H and O–H groups in total. The van der Waals surface area contributed by atoms with Crippen LogP contribution in [0.1, 0.15) is 41.7 Å². The van der Waals surface area contributed by atoms with Gasteiger partial charge in [-0.25, -0.2) is 0 Å². The summed E-state index contributed by atoms with van der Waals surface area (Å²) in [5, 5.41) is 2.10. The van der Waals surface area contributed by atoms with Gasteiger partial charge in [-0.05, 0) is 49.6 Å². The van der Waals surface area contributed by atoms with Gasteiger partial charge < -0.3 is 4.90 Å². The van der Waals surface area contributed by atoms with Crippen LogP contribution in [0, 0.1) is 6.92 Å². The topological polar surface area (TPSA) is 20.3 Å². The van der Waals surface area contributed by atoms with Gasteiger partial charge in [0.25, 0.3) is 0 Å². The van der Waals surface area contributed by atoms with E-state index in [0.717, 1.165) is 19.4 Å². The van der Waals surface area contributed by atoms with Crippen molar-refractivity contribution in [2.24, 2.45) is 0 Å². The first-order valence-electron chi connectivity index (χ1n) is 8.10. The summed E-state index contributed by atoms with van der Waals surface area (Å²) in [6.07, 6.45) is 4.98. The lowest BCUT2D eigenvalue weighted by Gasteiger charge is -2.22. The van der Waals surface area contributed by atoms with Gasteiger partial charge >= 0.3 is 0 Å². The molecule has 116 valence electrons. The van der Waals surface area contributed by atoms with Crippen molar-refractivity contribution < 1.29 is 4.79 Å². The fourth-order valence-corrected chi connectivity index (χ4v) is 3.46. The van der Waals surface area contributed by atoms with Gasteiger partial charge in [0.15, 0.2) is 0 Å². The number of aryl methyl sites for hydroxylation is 2. The van der Waals surface area contributed by atoms with Gasteiger partial charge in [0.2, 0.25) is 5.91 Å². The van der Waals surface area contributed by atoms with Gasteiger partial charge in [0.05, 0.1) is 0 Å². The average Bonchev–Trinajstić information content (AvgIpc) is 3.23. The highest BCUT2D eigenvalue weighted by atomic mass is 32.1. The minimum atomic E-state index is 0.319. The molecule has 1 aliphatic rings. The minimum Gasteiger partial charge on any atom is -0.335 e. The number of amides is 1. The zero-order valence-corrected chi connectivity index (χ0v) is 13.9. The quantitative estimate of drug-likeness (QED) is 0.733. The molecule has 1 aromatic carbocycles. The Labute approximate surface area is 136 Å². The first-order valence-corrected chi connectivity index (χ1v) is 8.98. The summed E-state index contributed by atoms with van der Waals surface area (Å²) in [4.78, 5) is 16.0. The van der Waals surface area contributed by atoms with E-state index in [1.807, 2.05) is 0 Å². The van der Waals surface area contributed by atoms with E-state index in [1.54, 1.807) is 11.3 Å². The van der Waals surface area contributed by atoms with Crippen molar-refractivity contribution in [3.8, 4) is 0 Å². The summed E-state index contributed by atoms with van der Waals surface area (Å²) in [5.41, 5.74) is 2.51. The number of carbonyl (C=O) groups excluding carboxylic acids is 1. The van der Waals surface area contributed by atoms with E-state index in [0.29, 0.717) is 18.4 Å². The molecule has 0 aliphatic heterocycles. The molecule has 1 fully saturated rings. The average molecular weight is 313 g/mol. The van der Waals surface area contributed by atoms with Gasteiger partial charge in [0.1, 0.15) is 0 Å². The third-order valence-corrected chi connectivity index (χ3v) is 5.11. The van der Waals surface area contributed by atoms with Crippen molar-refractivity contribution in [3.63, 3.8) is 0 Å². The lowest BCUT2D eigenvalue weighted by Crippen LogP contribution is -2.32. The standard InChI is InChI=1S/C19H23NOS/c1-15-7-9-16(10-8-15)14-20(17-11-12-17)19(21)6-2-4-18-5-3-13-22-18/h3,5,7-10,13,17H,2,4,6,11-12,14H2,1H3. The van der Waals surface area contributed by atoms with E-state index in [2.05, 4.69) is 53.6 Å². The number of carbonyl (C=O) groups is 1. The summed E-state index contributed by atoms with van der Waals surface area (Å²) in [6.45, 7) is 2.86. The Kier molecular flexibility index (Phi) is 4.94. The van der Waals surface area contributed by atoms with Crippen molar-refractivity contribution >= 4 is 17.2 Å². The van der Waals surface area contributed by atoms with E-state index >= 15 is 0 Å². The van der Waals surface area contributed by atoms with Crippen LogP contribution in [-0.4, -0.2) is 16.8 Å². The monoisotopic (exact) mass is 313 g/mol. The molecule has 1 aliphatic carbocycles. The molecule has 1 heterocycles. The second-order valence-electron chi connectivity index (χ2n) is 6.17. The van der Waals surface area contributed by atoms with E-state index in [9.17, 15) is 4.79 Å². The number of benzene rings is 1. The van der Waals surface area contributed by atoms with Crippen molar-refractivity contribution in [2.75, 3.05) is 0 Å². The first-order chi connectivity index (χ1) is 10.7. The van der Waals surface area contributed by atoms with Gasteiger partial charge in [-0.2, -0.15) is 0 Å². The highest BCUT2D eigenvalue weighted by Crippen LogP contribution is 2.29. The molecule has 0 atom stereocenters. The molecule has 3 heteroatoms. The second kappa shape index (κ2) is 7.10. The maximum atomic E-state index is 12.6. The van der Waals surface area contributed by atoms with Crippen molar-refractivity contribution in [1.29, 1.82) is 0 Å². The van der Waals surface area contributed by atoms with Crippen LogP contribution in [0.3, 0.4) is 0 Å². The lowest BCUT2D eigenvalue weighted by molar-refractivity contribution is -0.132. The molecule has 1 aromatic heterocycles. The Bertz CT molecular complexity index is 599. The molecular weight excluding hydrogens is 290 g/mol. The van der Waals surface area contributed by atoms with Crippen molar-refractivity contribution in [1.82, 2.24) is 4.90 Å². The molecule has 0 bridgehead atoms. The molecule has 22 heavy (non-hydrogen) atoms. The normalized spacial score (nSPS) is 14.0. The molecule has 0 radical (unpaired) electrons. The van der Waals surface area contributed by atoms with Crippen LogP contribution >= 0.6 is 11.3 Å². The Morgan fingerprint density at radius 2 is 2.00 bits per heavy atom. The van der Waals surface area contributed by atoms with Crippen LogP contribution in [0.2, 0.25) is 0 Å². The van der Waals surface area contributed by atoms with Gasteiger partial charge in [-0.3, -0.25) is 4.79 Å². The summed E-state index contributed by atoms with van der Waals surface area (Å²) in [7, 11) is 0. The van der Waals surface area contributed by atoms with Gasteiger partial charge in [0, 0.05) is 23.9 Å². The summed E-state index contributed by atoms with van der Waals surface area (Å²) in [5.74, 6) is 0.319. The van der Waals surface area contributed by atoms with Crippen LogP contribution in [0.25, 0.3) is 0 Å². The first kappa shape index (κ1) is 15.3. The Morgan fingerprint density at radius 3 is 2.64 bits per heavy atom. The fourth-order valence-electron chi connectivity index (χ4n) is 2.71. The van der Waals surface area contributed by atoms with E-state index in [1.165, 1.54) is 28.8 Å². The van der Waals surface area contributed by atoms with Crippen LogP contribution < -0.4 is 0 Å². The molecule has 2 aromatic rings. The Hall–Kier alpha value is -1.61. The van der Waals surface area contributed by atoms with Crippen molar-refractivity contribution in [3.05, 3.63) is 57.8 Å². The summed E-state index contributed by atoms with van der Waals surface area (Å²) >= 11 is 1.78. The van der Waals surface area contributed by atoms with Crippen molar-refractivity contribution in [2.45, 2.75) is 51.6 Å². The number of nitrogens with zero attached hydrogens (tertiary/aromatic N) is 1. The third-order valence-electron chi connectivity index (χ3n) is 4.18. The lowest BCUT2D eigenvalue weighted by atomic mass is 10.1. The summed E-state index contributed by atoms with van der Waals surface area (Å²) in [6, 6.07) is 13.3. The Morgan fingerprint density at radius 1 is 1.23 bits per heavy atom. The predicted molar refractivity (Wildman–Crippen MR) is 92.0 cm³/mol. The maximum absolute atomic E-state index is 12.6. The smallest absolute Gasteiger partial charge is 0.223 e. The highest BCUT2D eigenvalue weighted by Gasteiger charge is 2.32. The zero-order chi connectivity index (χ0) is 15.4. The minimum absolute atomic E-state index is 0.319. The summed E-state index contributed by atoms with van der Waals surface area (Å²) < 4.78 is 0. The largest absolute Gasteiger partial charge is 0.335 e. The zero-order valence-electron chi connectivity index (χ0n) is 13.1. The highest BCUT2D eigenvalue weighted by molar-refractivity contribution is 7.09. The van der Waals surface area contributed by atoms with Gasteiger partial charge in [-0.1, -0.05) is 35.9 Å². The van der Waals surface area contributed by atoms with E-state index in [4.69, 9.17) is 0 Å². The van der Waals surface area contributed by atoms with Crippen LogP contribution in [-0.2, 0) is 17.8 Å². The van der Waals surface area contributed by atoms with E-state index < -0.39 is 0 Å². The molecular formula is C19H23NOS. The molecule has 0 spiro atoms. The number of hydrogen-bond donors (Lipinski definition) is 0. The predicted octanol–water partition coefficient (Wildman–Crippen LogP) is 4.57. The van der Waals surface area contributed by atoms with Crippen LogP contribution in [0.15, 0.2) is 41.8 Å². The van der Waals surface area contributed by atoms with E-state index in [-0.39, 0.29) is 0 Å². The molecule has 0 unspecified atom stereocenters.